The van der Waals surface area contributed by atoms with Gasteiger partial charge in [-0.25, -0.2) is 18.1 Å². The Morgan fingerprint density at radius 1 is 1.05 bits per heavy atom. The minimum absolute atomic E-state index is 0.00912. The molecule has 1 fully saturated rings. The highest BCUT2D eigenvalue weighted by Crippen LogP contribution is 2.33. The Morgan fingerprint density at radius 3 is 2.55 bits per heavy atom. The first-order valence-electron chi connectivity index (χ1n) is 12.4. The molecule has 1 saturated heterocycles. The van der Waals surface area contributed by atoms with E-state index < -0.39 is 9.84 Å². The Morgan fingerprint density at radius 2 is 1.82 bits per heavy atom. The maximum absolute atomic E-state index is 13.8. The number of carbonyl (C=O) groups is 1. The highest BCUT2D eigenvalue weighted by atomic mass is 32.2. The van der Waals surface area contributed by atoms with E-state index in [1.165, 1.54) is 0 Å². The zero-order valence-corrected chi connectivity index (χ0v) is 21.8. The van der Waals surface area contributed by atoms with Gasteiger partial charge in [-0.15, -0.1) is 0 Å². The number of methoxy groups -OCH3 is 1. The lowest BCUT2D eigenvalue weighted by Gasteiger charge is -2.13. The lowest BCUT2D eigenvalue weighted by Crippen LogP contribution is -2.15. The van der Waals surface area contributed by atoms with Crippen LogP contribution >= 0.6 is 0 Å². The van der Waals surface area contributed by atoms with Crippen molar-refractivity contribution in [1.29, 1.82) is 0 Å². The Balaban J connectivity index is 1.51. The number of anilines is 1. The molecule has 1 aliphatic rings. The number of aryl methyl sites for hydroxylation is 1. The van der Waals surface area contributed by atoms with Gasteiger partial charge < -0.3 is 10.1 Å². The monoisotopic (exact) mass is 526 g/mol. The molecule has 3 heterocycles. The van der Waals surface area contributed by atoms with Crippen LogP contribution in [0.15, 0.2) is 72.8 Å². The molecular formula is C29H26N4O4S. The lowest BCUT2D eigenvalue weighted by molar-refractivity contribution is 0.102. The molecule has 3 aromatic carbocycles. The minimum atomic E-state index is -3.14. The van der Waals surface area contributed by atoms with E-state index in [4.69, 9.17) is 9.72 Å². The molecule has 192 valence electrons. The third-order valence-electron chi connectivity index (χ3n) is 7.06. The van der Waals surface area contributed by atoms with Crippen LogP contribution in [-0.2, 0) is 9.84 Å². The molecule has 1 amide bonds. The van der Waals surface area contributed by atoms with Crippen LogP contribution in [0.1, 0.15) is 28.5 Å². The molecule has 0 bridgehead atoms. The first-order valence-corrected chi connectivity index (χ1v) is 14.2. The molecule has 1 aliphatic heterocycles. The standard InChI is InChI=1S/C29H26N4O4S/c1-18-27-24(29(34)31-25-9-5-7-19-6-3-4-8-23(19)25)16-26(20-10-12-22(37-2)13-11-20)30-28(27)33(32-18)21-14-15-38(35,36)17-21/h3-13,16,21H,14-15,17H2,1-2H3,(H,31,34). The number of rotatable bonds is 5. The fraction of sp³-hybridized carbons (Fsp3) is 0.207. The van der Waals surface area contributed by atoms with Gasteiger partial charge in [0.05, 0.1) is 47.0 Å². The third kappa shape index (κ3) is 4.28. The van der Waals surface area contributed by atoms with Crippen molar-refractivity contribution in [2.24, 2.45) is 0 Å². The largest absolute Gasteiger partial charge is 0.497 e. The highest BCUT2D eigenvalue weighted by molar-refractivity contribution is 7.91. The Labute approximate surface area is 220 Å². The smallest absolute Gasteiger partial charge is 0.256 e. The second-order valence-corrected chi connectivity index (χ2v) is 11.8. The zero-order chi connectivity index (χ0) is 26.4. The van der Waals surface area contributed by atoms with Gasteiger partial charge in [-0.1, -0.05) is 36.4 Å². The summed E-state index contributed by atoms with van der Waals surface area (Å²) in [6.45, 7) is 1.83. The molecule has 1 unspecified atom stereocenters. The summed E-state index contributed by atoms with van der Waals surface area (Å²) in [5.74, 6) is 0.547. The number of ether oxygens (including phenoxy) is 1. The van der Waals surface area contributed by atoms with Crippen LogP contribution in [0.2, 0.25) is 0 Å². The van der Waals surface area contributed by atoms with E-state index in [9.17, 15) is 13.2 Å². The molecule has 2 aromatic heterocycles. The number of fused-ring (bicyclic) bond motifs is 2. The van der Waals surface area contributed by atoms with E-state index >= 15 is 0 Å². The van der Waals surface area contributed by atoms with E-state index in [1.54, 1.807) is 17.9 Å². The molecule has 0 aliphatic carbocycles. The summed E-state index contributed by atoms with van der Waals surface area (Å²) < 4.78 is 31.5. The van der Waals surface area contributed by atoms with Crippen molar-refractivity contribution in [1.82, 2.24) is 14.8 Å². The Hall–Kier alpha value is -4.24. The number of aromatic nitrogens is 3. The van der Waals surface area contributed by atoms with Crippen molar-refractivity contribution in [2.45, 2.75) is 19.4 Å². The number of amides is 1. The molecule has 9 heteroatoms. The van der Waals surface area contributed by atoms with Gasteiger partial charge in [-0.2, -0.15) is 5.10 Å². The minimum Gasteiger partial charge on any atom is -0.497 e. The van der Waals surface area contributed by atoms with Crippen molar-refractivity contribution in [2.75, 3.05) is 23.9 Å². The summed E-state index contributed by atoms with van der Waals surface area (Å²) in [5, 5.41) is 10.4. The first kappa shape index (κ1) is 24.1. The molecule has 0 saturated carbocycles. The van der Waals surface area contributed by atoms with Crippen LogP contribution in [0.3, 0.4) is 0 Å². The van der Waals surface area contributed by atoms with E-state index in [-0.39, 0.29) is 23.5 Å². The summed E-state index contributed by atoms with van der Waals surface area (Å²) >= 11 is 0. The van der Waals surface area contributed by atoms with E-state index in [1.807, 2.05) is 73.7 Å². The molecule has 1 atom stereocenters. The Bertz CT molecular complexity index is 1810. The van der Waals surface area contributed by atoms with E-state index in [2.05, 4.69) is 10.4 Å². The van der Waals surface area contributed by atoms with Crippen LogP contribution in [-0.4, -0.2) is 47.7 Å². The van der Waals surface area contributed by atoms with Crippen molar-refractivity contribution in [3.8, 4) is 17.0 Å². The van der Waals surface area contributed by atoms with Crippen LogP contribution in [0, 0.1) is 6.92 Å². The molecule has 0 radical (unpaired) electrons. The lowest BCUT2D eigenvalue weighted by atomic mass is 10.0. The average Bonchev–Trinajstić information content (AvgIpc) is 3.46. The summed E-state index contributed by atoms with van der Waals surface area (Å²) in [5.41, 5.74) is 3.65. The number of sulfone groups is 1. The van der Waals surface area contributed by atoms with Crippen LogP contribution < -0.4 is 10.1 Å². The number of nitrogens with one attached hydrogen (secondary N) is 1. The zero-order valence-electron chi connectivity index (χ0n) is 21.0. The van der Waals surface area contributed by atoms with Crippen LogP contribution in [0.5, 0.6) is 5.75 Å². The predicted octanol–water partition coefficient (Wildman–Crippen LogP) is 5.18. The summed E-state index contributed by atoms with van der Waals surface area (Å²) in [4.78, 5) is 18.7. The van der Waals surface area contributed by atoms with Gasteiger partial charge in [0.1, 0.15) is 5.75 Å². The summed E-state index contributed by atoms with van der Waals surface area (Å²) in [7, 11) is -1.54. The SMILES string of the molecule is COc1ccc(-c2cc(C(=O)Nc3cccc4ccccc34)c3c(C)nn(C4CCS(=O)(=O)C4)c3n2)cc1. The van der Waals surface area contributed by atoms with Gasteiger partial charge in [0, 0.05) is 16.6 Å². The average molecular weight is 527 g/mol. The summed E-state index contributed by atoms with van der Waals surface area (Å²) in [6.07, 6.45) is 0.463. The van der Waals surface area contributed by atoms with Gasteiger partial charge in [-0.3, -0.25) is 4.79 Å². The van der Waals surface area contributed by atoms with Crippen molar-refractivity contribution < 1.29 is 17.9 Å². The van der Waals surface area contributed by atoms with Gasteiger partial charge in [0.15, 0.2) is 15.5 Å². The van der Waals surface area contributed by atoms with Crippen molar-refractivity contribution in [3.05, 3.63) is 84.1 Å². The number of benzene rings is 3. The predicted molar refractivity (Wildman–Crippen MR) is 148 cm³/mol. The highest BCUT2D eigenvalue weighted by Gasteiger charge is 2.32. The number of hydrogen-bond acceptors (Lipinski definition) is 6. The topological polar surface area (TPSA) is 103 Å². The molecule has 5 aromatic rings. The van der Waals surface area contributed by atoms with Crippen LogP contribution in [0.4, 0.5) is 5.69 Å². The maximum atomic E-state index is 13.8. The number of nitrogens with zero attached hydrogens (tertiary/aromatic N) is 3. The van der Waals surface area contributed by atoms with E-state index in [0.29, 0.717) is 45.8 Å². The van der Waals surface area contributed by atoms with Gasteiger partial charge in [0.2, 0.25) is 0 Å². The summed E-state index contributed by atoms with van der Waals surface area (Å²) in [6, 6.07) is 22.5. The van der Waals surface area contributed by atoms with Crippen molar-refractivity contribution in [3.63, 3.8) is 0 Å². The molecule has 6 rings (SSSR count). The second kappa shape index (κ2) is 9.25. The molecular weight excluding hydrogens is 500 g/mol. The number of carbonyl (C=O) groups excluding carboxylic acids is 1. The van der Waals surface area contributed by atoms with E-state index in [0.717, 1.165) is 16.3 Å². The molecule has 8 nitrogen and oxygen atoms in total. The van der Waals surface area contributed by atoms with Gasteiger partial charge in [0.25, 0.3) is 5.91 Å². The number of pyridine rings is 1. The van der Waals surface area contributed by atoms with Gasteiger partial charge >= 0.3 is 0 Å². The van der Waals surface area contributed by atoms with Crippen molar-refractivity contribution >= 4 is 43.2 Å². The second-order valence-electron chi connectivity index (χ2n) is 9.55. The normalized spacial score (nSPS) is 16.6. The first-order chi connectivity index (χ1) is 18.3. The molecule has 0 spiro atoms. The fourth-order valence-electron chi connectivity index (χ4n) is 5.15. The van der Waals surface area contributed by atoms with Crippen LogP contribution in [0.25, 0.3) is 33.1 Å². The molecule has 1 N–H and O–H groups in total. The molecule has 38 heavy (non-hydrogen) atoms. The number of hydrogen-bond donors (Lipinski definition) is 1. The maximum Gasteiger partial charge on any atom is 0.256 e. The van der Waals surface area contributed by atoms with Gasteiger partial charge in [-0.05, 0) is 55.1 Å². The quantitative estimate of drug-likeness (QED) is 0.339. The Kier molecular flexibility index (Phi) is 5.87. The fourth-order valence-corrected chi connectivity index (χ4v) is 6.84. The third-order valence-corrected chi connectivity index (χ3v) is 8.81.